The number of carbonyl (C=O) groups excluding carboxylic acids is 1. The van der Waals surface area contributed by atoms with Crippen LogP contribution in [0.5, 0.6) is 5.75 Å². The van der Waals surface area contributed by atoms with Gasteiger partial charge in [-0.15, -0.1) is 11.8 Å². The molecule has 29 heavy (non-hydrogen) atoms. The van der Waals surface area contributed by atoms with Gasteiger partial charge >= 0.3 is 5.97 Å². The van der Waals surface area contributed by atoms with E-state index in [-0.39, 0.29) is 11.7 Å². The number of anilines is 1. The van der Waals surface area contributed by atoms with Crippen LogP contribution in [-0.2, 0) is 23.7 Å². The molecule has 2 N–H and O–H groups in total. The third-order valence-electron chi connectivity index (χ3n) is 4.00. The van der Waals surface area contributed by atoms with Crippen LogP contribution >= 0.6 is 11.8 Å². The van der Waals surface area contributed by atoms with Crippen LogP contribution in [0, 0.1) is 0 Å². The molecule has 0 aliphatic carbocycles. The molecule has 0 unspecified atom stereocenters. The number of hydrogen-bond donors (Lipinski definition) is 2. The van der Waals surface area contributed by atoms with Crippen molar-refractivity contribution in [3.63, 3.8) is 0 Å². The summed E-state index contributed by atoms with van der Waals surface area (Å²) in [4.78, 5) is 20.8. The first-order chi connectivity index (χ1) is 14.0. The van der Waals surface area contributed by atoms with E-state index >= 15 is 0 Å². The summed E-state index contributed by atoms with van der Waals surface area (Å²) in [5.74, 6) is 0.0839. The molecular weight excluding hydrogens is 398 g/mol. The summed E-state index contributed by atoms with van der Waals surface area (Å²) in [6.07, 6.45) is 1.62. The first kappa shape index (κ1) is 23.4. The highest BCUT2D eigenvalue weighted by molar-refractivity contribution is 8.14. The molecule has 2 heterocycles. The minimum atomic E-state index is -0.953. The number of thioether (sulfide) groups is 1. The standard InChI is InChI=1S/C19H29N3O6S/c1-4-28-18(24)19(2)13-29-17(22-19)16-15(23)11-14(12-21-16)20-5-6-26-9-10-27-8-7-25-3/h11-12,20,23H,4-10,13H2,1-3H3/t19-/m1/s1. The molecule has 0 radical (unpaired) electrons. The number of carbonyl (C=O) groups is 1. The van der Waals surface area contributed by atoms with Crippen LogP contribution in [0.3, 0.4) is 0 Å². The fourth-order valence-electron chi connectivity index (χ4n) is 2.46. The van der Waals surface area contributed by atoms with E-state index in [1.807, 2.05) is 0 Å². The Bertz CT molecular complexity index is 703. The highest BCUT2D eigenvalue weighted by Crippen LogP contribution is 2.34. The molecule has 162 valence electrons. The van der Waals surface area contributed by atoms with E-state index in [0.717, 1.165) is 0 Å². The molecule has 0 aromatic carbocycles. The smallest absolute Gasteiger partial charge is 0.334 e. The predicted octanol–water partition coefficient (Wildman–Crippen LogP) is 1.69. The van der Waals surface area contributed by atoms with Crippen molar-refractivity contribution in [1.82, 2.24) is 4.98 Å². The molecular formula is C19H29N3O6S. The monoisotopic (exact) mass is 427 g/mol. The van der Waals surface area contributed by atoms with Gasteiger partial charge in [0.1, 0.15) is 16.5 Å². The van der Waals surface area contributed by atoms with E-state index in [1.165, 1.54) is 11.8 Å². The van der Waals surface area contributed by atoms with Gasteiger partial charge in [0, 0.05) is 25.5 Å². The molecule has 0 amide bonds. The van der Waals surface area contributed by atoms with Crippen LogP contribution in [-0.4, -0.2) is 85.7 Å². The number of esters is 1. The second-order valence-electron chi connectivity index (χ2n) is 6.44. The van der Waals surface area contributed by atoms with Crippen molar-refractivity contribution in [3.05, 3.63) is 18.0 Å². The SMILES string of the molecule is CCOC(=O)[C@@]1(C)CSC(c2ncc(NCCOCCOCCOC)cc2O)=N1. The minimum Gasteiger partial charge on any atom is -0.506 e. The van der Waals surface area contributed by atoms with Crippen molar-refractivity contribution in [2.75, 3.05) is 64.4 Å². The highest BCUT2D eigenvalue weighted by atomic mass is 32.2. The van der Waals surface area contributed by atoms with Crippen LogP contribution in [0.1, 0.15) is 19.5 Å². The lowest BCUT2D eigenvalue weighted by atomic mass is 10.1. The van der Waals surface area contributed by atoms with Gasteiger partial charge in [-0.05, 0) is 13.8 Å². The van der Waals surface area contributed by atoms with Gasteiger partial charge in [0.25, 0.3) is 0 Å². The summed E-state index contributed by atoms with van der Waals surface area (Å²) >= 11 is 1.38. The van der Waals surface area contributed by atoms with E-state index in [4.69, 9.17) is 18.9 Å². The zero-order valence-corrected chi connectivity index (χ0v) is 17.9. The molecule has 2 rings (SSSR count). The van der Waals surface area contributed by atoms with Crippen molar-refractivity contribution >= 4 is 28.5 Å². The van der Waals surface area contributed by atoms with Crippen LogP contribution < -0.4 is 5.32 Å². The van der Waals surface area contributed by atoms with Gasteiger partial charge in [0.05, 0.1) is 51.5 Å². The summed E-state index contributed by atoms with van der Waals surface area (Å²) in [7, 11) is 1.63. The Labute approximate surface area is 175 Å². The van der Waals surface area contributed by atoms with Gasteiger partial charge in [-0.3, -0.25) is 4.99 Å². The Morgan fingerprint density at radius 2 is 2.00 bits per heavy atom. The highest BCUT2D eigenvalue weighted by Gasteiger charge is 2.40. The Hall–Kier alpha value is -1.88. The number of ether oxygens (including phenoxy) is 4. The number of hydrogen-bond acceptors (Lipinski definition) is 10. The number of aromatic hydroxyl groups is 1. The maximum Gasteiger partial charge on any atom is 0.334 e. The topological polar surface area (TPSA) is 112 Å². The average Bonchev–Trinajstić information content (AvgIpc) is 3.10. The van der Waals surface area contributed by atoms with Crippen LogP contribution in [0.2, 0.25) is 0 Å². The van der Waals surface area contributed by atoms with Crippen molar-refractivity contribution in [2.45, 2.75) is 19.4 Å². The van der Waals surface area contributed by atoms with Crippen molar-refractivity contribution < 1.29 is 28.8 Å². The van der Waals surface area contributed by atoms with Gasteiger partial charge in [-0.2, -0.15) is 0 Å². The number of pyridine rings is 1. The summed E-state index contributed by atoms with van der Waals surface area (Å²) in [6.45, 7) is 6.99. The Morgan fingerprint density at radius 3 is 2.69 bits per heavy atom. The predicted molar refractivity (Wildman–Crippen MR) is 112 cm³/mol. The number of rotatable bonds is 13. The summed E-state index contributed by atoms with van der Waals surface area (Å²) in [5.41, 5.74) is 0.0760. The first-order valence-corrected chi connectivity index (χ1v) is 10.5. The average molecular weight is 428 g/mol. The molecule has 1 aliphatic rings. The molecule has 1 aromatic heterocycles. The van der Waals surface area contributed by atoms with Gasteiger partial charge < -0.3 is 29.4 Å². The quantitative estimate of drug-likeness (QED) is 0.359. The largest absolute Gasteiger partial charge is 0.506 e. The zero-order valence-electron chi connectivity index (χ0n) is 17.1. The van der Waals surface area contributed by atoms with E-state index in [9.17, 15) is 9.90 Å². The minimum absolute atomic E-state index is 0.00169. The molecule has 0 fully saturated rings. The van der Waals surface area contributed by atoms with Gasteiger partial charge in [-0.1, -0.05) is 0 Å². The Kier molecular flexibility index (Phi) is 9.65. The summed E-state index contributed by atoms with van der Waals surface area (Å²) < 4.78 is 20.7. The maximum atomic E-state index is 12.1. The lowest BCUT2D eigenvalue weighted by molar-refractivity contribution is -0.147. The summed E-state index contributed by atoms with van der Waals surface area (Å²) in [5, 5.41) is 14.0. The lowest BCUT2D eigenvalue weighted by Crippen LogP contribution is -2.35. The lowest BCUT2D eigenvalue weighted by Gasteiger charge is -2.16. The maximum absolute atomic E-state index is 12.1. The summed E-state index contributed by atoms with van der Waals surface area (Å²) in [6, 6.07) is 1.58. The van der Waals surface area contributed by atoms with Crippen LogP contribution in [0.15, 0.2) is 17.3 Å². The first-order valence-electron chi connectivity index (χ1n) is 9.47. The van der Waals surface area contributed by atoms with Gasteiger partial charge in [0.15, 0.2) is 5.54 Å². The molecule has 1 atom stereocenters. The van der Waals surface area contributed by atoms with Crippen molar-refractivity contribution in [3.8, 4) is 5.75 Å². The second-order valence-corrected chi connectivity index (χ2v) is 7.40. The van der Waals surface area contributed by atoms with Crippen LogP contribution in [0.25, 0.3) is 0 Å². The van der Waals surface area contributed by atoms with Crippen molar-refractivity contribution in [2.24, 2.45) is 4.99 Å². The fourth-order valence-corrected chi connectivity index (χ4v) is 3.62. The Morgan fingerprint density at radius 1 is 1.28 bits per heavy atom. The van der Waals surface area contributed by atoms with Crippen LogP contribution in [0.4, 0.5) is 5.69 Å². The molecule has 0 spiro atoms. The third-order valence-corrected chi connectivity index (χ3v) is 5.27. The number of nitrogens with zero attached hydrogens (tertiary/aromatic N) is 2. The number of methoxy groups -OCH3 is 1. The van der Waals surface area contributed by atoms with Gasteiger partial charge in [0.2, 0.25) is 0 Å². The van der Waals surface area contributed by atoms with Crippen molar-refractivity contribution in [1.29, 1.82) is 0 Å². The molecule has 0 bridgehead atoms. The van der Waals surface area contributed by atoms with Gasteiger partial charge in [-0.25, -0.2) is 9.78 Å². The molecule has 0 saturated carbocycles. The molecule has 9 nitrogen and oxygen atoms in total. The van der Waals surface area contributed by atoms with E-state index < -0.39 is 5.54 Å². The molecule has 1 aliphatic heterocycles. The van der Waals surface area contributed by atoms with E-state index in [0.29, 0.717) is 68.4 Å². The molecule has 1 aromatic rings. The molecule has 0 saturated heterocycles. The zero-order chi connectivity index (χ0) is 21.1. The van der Waals surface area contributed by atoms with E-state index in [2.05, 4.69) is 15.3 Å². The second kappa shape index (κ2) is 12.0. The number of aromatic nitrogens is 1. The number of nitrogens with one attached hydrogen (secondary N) is 1. The fraction of sp³-hybridized carbons (Fsp3) is 0.632. The third kappa shape index (κ3) is 7.14. The Balaban J connectivity index is 1.79. The number of aliphatic imine (C=N–C) groups is 1. The van der Waals surface area contributed by atoms with E-state index in [1.54, 1.807) is 33.2 Å². The normalized spacial score (nSPS) is 18.5. The molecule has 10 heteroatoms.